The zero-order chi connectivity index (χ0) is 14.5. The molecule has 1 aromatic rings. The molecule has 2 rings (SSSR count). The fraction of sp³-hybridized carbons (Fsp3) is 0.643. The number of nitrogens with zero attached hydrogens (tertiary/aromatic N) is 2. The Morgan fingerprint density at radius 1 is 1.45 bits per heavy atom. The van der Waals surface area contributed by atoms with E-state index in [4.69, 9.17) is 4.74 Å². The highest BCUT2D eigenvalue weighted by atomic mass is 32.1. The van der Waals surface area contributed by atoms with Gasteiger partial charge in [-0.3, -0.25) is 4.79 Å². The highest BCUT2D eigenvalue weighted by molar-refractivity contribution is 7.11. The molecule has 1 fully saturated rings. The minimum Gasteiger partial charge on any atom is -0.461 e. The lowest BCUT2D eigenvalue weighted by atomic mass is 10.00. The van der Waals surface area contributed by atoms with Crippen molar-refractivity contribution >= 4 is 23.2 Å². The summed E-state index contributed by atoms with van der Waals surface area (Å²) in [6.45, 7) is 4.94. The normalized spacial score (nSPS) is 18.9. The van der Waals surface area contributed by atoms with Gasteiger partial charge in [0.05, 0.1) is 6.61 Å². The first-order chi connectivity index (χ1) is 9.67. The van der Waals surface area contributed by atoms with Crippen LogP contribution in [0.4, 0.5) is 0 Å². The van der Waals surface area contributed by atoms with Crippen LogP contribution in [0.2, 0.25) is 0 Å². The van der Waals surface area contributed by atoms with Crippen LogP contribution in [0.15, 0.2) is 5.38 Å². The van der Waals surface area contributed by atoms with E-state index in [0.717, 1.165) is 25.8 Å². The fourth-order valence-corrected chi connectivity index (χ4v) is 3.18. The Morgan fingerprint density at radius 2 is 2.25 bits per heavy atom. The monoisotopic (exact) mass is 296 g/mol. The highest BCUT2D eigenvalue weighted by Gasteiger charge is 2.28. The van der Waals surface area contributed by atoms with E-state index in [0.29, 0.717) is 18.3 Å². The van der Waals surface area contributed by atoms with Crippen molar-refractivity contribution in [1.82, 2.24) is 9.88 Å². The highest BCUT2D eigenvalue weighted by Crippen LogP contribution is 2.22. The summed E-state index contributed by atoms with van der Waals surface area (Å²) in [6, 6.07) is 0.295. The maximum atomic E-state index is 12.5. The molecule has 6 heteroatoms. The number of thiazole rings is 1. The molecule has 1 saturated heterocycles. The zero-order valence-corrected chi connectivity index (χ0v) is 12.7. The molecule has 0 aliphatic carbocycles. The minimum absolute atomic E-state index is 0.0663. The topological polar surface area (TPSA) is 59.5 Å². The first kappa shape index (κ1) is 15.0. The van der Waals surface area contributed by atoms with Crippen LogP contribution in [0.25, 0.3) is 0 Å². The molecule has 0 spiro atoms. The Hall–Kier alpha value is -1.43. The smallest absolute Gasteiger partial charge is 0.367 e. The van der Waals surface area contributed by atoms with Gasteiger partial charge in [0, 0.05) is 18.0 Å². The van der Waals surface area contributed by atoms with Gasteiger partial charge < -0.3 is 9.64 Å². The summed E-state index contributed by atoms with van der Waals surface area (Å²) in [5.74, 6) is -0.523. The number of aromatic nitrogens is 1. The summed E-state index contributed by atoms with van der Waals surface area (Å²) >= 11 is 1.17. The number of esters is 1. The Balaban J connectivity index is 2.10. The van der Waals surface area contributed by atoms with Gasteiger partial charge in [0.1, 0.15) is 5.69 Å². The Morgan fingerprint density at radius 3 is 2.95 bits per heavy atom. The molecular formula is C14H20N2O3S. The predicted octanol–water partition coefficient (Wildman–Crippen LogP) is 2.72. The molecule has 0 saturated carbocycles. The number of amides is 1. The first-order valence-electron chi connectivity index (χ1n) is 7.11. The van der Waals surface area contributed by atoms with Crippen LogP contribution >= 0.6 is 11.3 Å². The number of rotatable bonds is 4. The average Bonchev–Trinajstić information content (AvgIpc) is 2.96. The number of ether oxygens (including phenoxy) is 1. The second-order valence-corrected chi connectivity index (χ2v) is 5.67. The molecule has 0 aromatic carbocycles. The number of piperidine rings is 1. The van der Waals surface area contributed by atoms with E-state index in [1.54, 1.807) is 12.3 Å². The van der Waals surface area contributed by atoms with E-state index < -0.39 is 5.97 Å². The maximum absolute atomic E-state index is 12.5. The Kier molecular flexibility index (Phi) is 5.11. The van der Waals surface area contributed by atoms with Gasteiger partial charge in [0.25, 0.3) is 5.91 Å². The third-order valence-electron chi connectivity index (χ3n) is 3.53. The largest absolute Gasteiger partial charge is 0.461 e. The fourth-order valence-electron chi connectivity index (χ4n) is 2.50. The molecule has 1 aromatic heterocycles. The Bertz CT molecular complexity index is 487. The van der Waals surface area contributed by atoms with Crippen LogP contribution in [0.1, 0.15) is 59.8 Å². The number of hydrogen-bond donors (Lipinski definition) is 0. The first-order valence-corrected chi connectivity index (χ1v) is 7.99. The lowest BCUT2D eigenvalue weighted by Crippen LogP contribution is -2.43. The van der Waals surface area contributed by atoms with Crippen LogP contribution in [-0.4, -0.2) is 41.0 Å². The average molecular weight is 296 g/mol. The van der Waals surface area contributed by atoms with E-state index in [1.807, 2.05) is 4.90 Å². The van der Waals surface area contributed by atoms with Crippen molar-refractivity contribution in [3.8, 4) is 0 Å². The van der Waals surface area contributed by atoms with E-state index in [-0.39, 0.29) is 10.9 Å². The van der Waals surface area contributed by atoms with Crippen molar-refractivity contribution < 1.29 is 14.3 Å². The van der Waals surface area contributed by atoms with Crippen LogP contribution in [0.5, 0.6) is 0 Å². The molecule has 1 aliphatic heterocycles. The summed E-state index contributed by atoms with van der Waals surface area (Å²) in [5, 5.41) is 1.90. The quantitative estimate of drug-likeness (QED) is 0.802. The summed E-state index contributed by atoms with van der Waals surface area (Å²) < 4.78 is 4.89. The van der Waals surface area contributed by atoms with Gasteiger partial charge in [-0.05, 0) is 32.6 Å². The minimum atomic E-state index is -0.456. The molecule has 2 heterocycles. The van der Waals surface area contributed by atoms with Crippen molar-refractivity contribution in [1.29, 1.82) is 0 Å². The molecule has 5 nitrogen and oxygen atoms in total. The lowest BCUT2D eigenvalue weighted by molar-refractivity contribution is 0.0525. The van der Waals surface area contributed by atoms with Gasteiger partial charge in [-0.2, -0.15) is 0 Å². The summed E-state index contributed by atoms with van der Waals surface area (Å²) in [7, 11) is 0. The second kappa shape index (κ2) is 6.83. The van der Waals surface area contributed by atoms with Crippen LogP contribution in [0.3, 0.4) is 0 Å². The summed E-state index contributed by atoms with van der Waals surface area (Å²) in [4.78, 5) is 30.1. The summed E-state index contributed by atoms with van der Waals surface area (Å²) in [5.41, 5.74) is 0.360. The molecule has 1 atom stereocenters. The number of carbonyl (C=O) groups excluding carboxylic acids is 2. The molecule has 20 heavy (non-hydrogen) atoms. The van der Waals surface area contributed by atoms with Crippen LogP contribution in [-0.2, 0) is 4.74 Å². The van der Waals surface area contributed by atoms with Gasteiger partial charge in [-0.1, -0.05) is 6.92 Å². The third-order valence-corrected chi connectivity index (χ3v) is 4.35. The number of likely N-dealkylation sites (tertiary alicyclic amines) is 1. The molecule has 0 bridgehead atoms. The molecule has 1 amide bonds. The molecule has 1 aliphatic rings. The summed E-state index contributed by atoms with van der Waals surface area (Å²) in [6.07, 6.45) is 4.22. The molecular weight excluding hydrogens is 276 g/mol. The Labute approximate surface area is 122 Å². The van der Waals surface area contributed by atoms with Gasteiger partial charge in [0.2, 0.25) is 5.01 Å². The maximum Gasteiger partial charge on any atom is 0.367 e. The van der Waals surface area contributed by atoms with Crippen LogP contribution < -0.4 is 0 Å². The van der Waals surface area contributed by atoms with Crippen molar-refractivity contribution in [2.45, 2.75) is 45.6 Å². The van der Waals surface area contributed by atoms with Gasteiger partial charge in [0.15, 0.2) is 0 Å². The van der Waals surface area contributed by atoms with E-state index >= 15 is 0 Å². The van der Waals surface area contributed by atoms with Crippen molar-refractivity contribution in [2.24, 2.45) is 0 Å². The van der Waals surface area contributed by atoms with Gasteiger partial charge in [-0.15, -0.1) is 11.3 Å². The van der Waals surface area contributed by atoms with Crippen LogP contribution in [0, 0.1) is 0 Å². The molecule has 0 N–H and O–H groups in total. The van der Waals surface area contributed by atoms with Gasteiger partial charge >= 0.3 is 5.97 Å². The van der Waals surface area contributed by atoms with E-state index in [1.165, 1.54) is 17.8 Å². The van der Waals surface area contributed by atoms with Crippen molar-refractivity contribution in [2.75, 3.05) is 13.2 Å². The zero-order valence-electron chi connectivity index (χ0n) is 11.9. The number of hydrogen-bond acceptors (Lipinski definition) is 5. The van der Waals surface area contributed by atoms with E-state index in [9.17, 15) is 9.59 Å². The number of carbonyl (C=O) groups is 2. The SMILES string of the molecule is CCOC(=O)c1nc(C(=O)N2CCCCC2CC)cs1. The third kappa shape index (κ3) is 3.17. The van der Waals surface area contributed by atoms with E-state index in [2.05, 4.69) is 11.9 Å². The predicted molar refractivity (Wildman–Crippen MR) is 77.0 cm³/mol. The van der Waals surface area contributed by atoms with Crippen molar-refractivity contribution in [3.05, 3.63) is 16.1 Å². The molecule has 1 unspecified atom stereocenters. The van der Waals surface area contributed by atoms with Gasteiger partial charge in [-0.25, -0.2) is 9.78 Å². The second-order valence-electron chi connectivity index (χ2n) is 4.81. The molecule has 0 radical (unpaired) electrons. The van der Waals surface area contributed by atoms with Crippen molar-refractivity contribution in [3.63, 3.8) is 0 Å². The standard InChI is InChI=1S/C14H20N2O3S/c1-3-10-7-5-6-8-16(10)13(17)11-9-20-12(15-11)14(18)19-4-2/h9-10H,3-8H2,1-2H3. The molecule has 110 valence electrons. The lowest BCUT2D eigenvalue weighted by Gasteiger charge is -2.34.